The van der Waals surface area contributed by atoms with Crippen LogP contribution >= 0.6 is 0 Å². The summed E-state index contributed by atoms with van der Waals surface area (Å²) in [6.45, 7) is 0. The third-order valence-electron chi connectivity index (χ3n) is 2.65. The van der Waals surface area contributed by atoms with Crippen LogP contribution in [0.2, 0.25) is 0 Å². The molecule has 1 N–H and O–H groups in total. The molecule has 0 bridgehead atoms. The number of nitrogens with one attached hydrogen (secondary N) is 1. The Morgan fingerprint density at radius 2 is 1.48 bits per heavy atom. The number of methoxy groups -OCH3 is 2. The van der Waals surface area contributed by atoms with E-state index in [1.165, 1.54) is 32.4 Å². The number of rotatable bonds is 4. The zero-order chi connectivity index (χ0) is 15.6. The molecule has 0 saturated heterocycles. The molecule has 0 aliphatic rings. The van der Waals surface area contributed by atoms with Crippen LogP contribution in [-0.2, 0) is 0 Å². The highest BCUT2D eigenvalue weighted by atomic mass is 19.2. The molecule has 1 aromatic heterocycles. The second kappa shape index (κ2) is 5.86. The topological polar surface area (TPSA) is 43.4 Å². The highest BCUT2D eigenvalue weighted by Gasteiger charge is 2.21. The maximum Gasteiger partial charge on any atom is 0.253 e. The lowest BCUT2D eigenvalue weighted by Crippen LogP contribution is -2.06. The summed E-state index contributed by atoms with van der Waals surface area (Å²) in [5.41, 5.74) is -0.831. The summed E-state index contributed by atoms with van der Waals surface area (Å²) in [7, 11) is 2.78. The number of anilines is 2. The van der Waals surface area contributed by atoms with E-state index in [4.69, 9.17) is 9.47 Å². The number of pyridine rings is 1. The van der Waals surface area contributed by atoms with E-state index in [0.717, 1.165) is 0 Å². The molecule has 4 nitrogen and oxygen atoms in total. The largest absolute Gasteiger partial charge is 0.493 e. The molecule has 1 heterocycles. The van der Waals surface area contributed by atoms with Gasteiger partial charge in [-0.05, 0) is 12.1 Å². The number of nitrogens with zero attached hydrogens (tertiary/aromatic N) is 1. The summed E-state index contributed by atoms with van der Waals surface area (Å²) >= 11 is 0. The number of aromatic nitrogens is 1. The lowest BCUT2D eigenvalue weighted by Gasteiger charge is -2.12. The fraction of sp³-hybridized carbons (Fsp3) is 0.154. The predicted octanol–water partition coefficient (Wildman–Crippen LogP) is 3.40. The SMILES string of the molecule is COc1ccc(Nc2c(F)c(F)nc(F)c2F)cc1OC. The highest BCUT2D eigenvalue weighted by molar-refractivity contribution is 5.64. The first-order chi connectivity index (χ1) is 9.97. The fourth-order valence-electron chi connectivity index (χ4n) is 1.66. The summed E-state index contributed by atoms with van der Waals surface area (Å²) in [5.74, 6) is -6.06. The minimum absolute atomic E-state index is 0.149. The van der Waals surface area contributed by atoms with Crippen LogP contribution in [0.4, 0.5) is 28.9 Å². The van der Waals surface area contributed by atoms with E-state index in [0.29, 0.717) is 5.75 Å². The highest BCUT2D eigenvalue weighted by Crippen LogP contribution is 2.32. The van der Waals surface area contributed by atoms with Crippen molar-refractivity contribution in [1.29, 1.82) is 0 Å². The van der Waals surface area contributed by atoms with E-state index in [2.05, 4.69) is 10.3 Å². The van der Waals surface area contributed by atoms with Crippen LogP contribution < -0.4 is 14.8 Å². The minimum Gasteiger partial charge on any atom is -0.493 e. The van der Waals surface area contributed by atoms with Gasteiger partial charge in [-0.2, -0.15) is 22.5 Å². The van der Waals surface area contributed by atoms with Crippen LogP contribution in [0.3, 0.4) is 0 Å². The monoisotopic (exact) mass is 302 g/mol. The minimum atomic E-state index is -1.74. The Labute approximate surface area is 117 Å². The molecule has 8 heteroatoms. The van der Waals surface area contributed by atoms with E-state index in [9.17, 15) is 17.6 Å². The molecule has 0 radical (unpaired) electrons. The molecule has 0 atom stereocenters. The smallest absolute Gasteiger partial charge is 0.253 e. The van der Waals surface area contributed by atoms with Crippen molar-refractivity contribution in [2.24, 2.45) is 0 Å². The molecule has 1 aromatic carbocycles. The lowest BCUT2D eigenvalue weighted by atomic mass is 10.2. The summed E-state index contributed by atoms with van der Waals surface area (Å²) in [6.07, 6.45) is 0. The van der Waals surface area contributed by atoms with Crippen molar-refractivity contribution in [3.63, 3.8) is 0 Å². The zero-order valence-corrected chi connectivity index (χ0v) is 11.0. The second-order valence-electron chi connectivity index (χ2n) is 3.89. The molecular formula is C13H10F4N2O2. The zero-order valence-electron chi connectivity index (χ0n) is 11.0. The quantitative estimate of drug-likeness (QED) is 0.694. The van der Waals surface area contributed by atoms with Gasteiger partial charge in [0.1, 0.15) is 5.69 Å². The van der Waals surface area contributed by atoms with Gasteiger partial charge in [0.2, 0.25) is 11.6 Å². The molecule has 2 aromatic rings. The maximum absolute atomic E-state index is 13.5. The van der Waals surface area contributed by atoms with E-state index in [-0.39, 0.29) is 11.4 Å². The normalized spacial score (nSPS) is 10.4. The van der Waals surface area contributed by atoms with E-state index < -0.39 is 29.2 Å². The van der Waals surface area contributed by atoms with Crippen molar-refractivity contribution in [2.45, 2.75) is 0 Å². The van der Waals surface area contributed by atoms with Gasteiger partial charge in [0.05, 0.1) is 14.2 Å². The van der Waals surface area contributed by atoms with Gasteiger partial charge in [-0.1, -0.05) is 0 Å². The van der Waals surface area contributed by atoms with E-state index in [1.54, 1.807) is 0 Å². The number of benzene rings is 1. The summed E-state index contributed by atoms with van der Waals surface area (Å²) in [5, 5.41) is 2.24. The molecule has 0 aliphatic heterocycles. The molecule has 21 heavy (non-hydrogen) atoms. The molecule has 0 saturated carbocycles. The van der Waals surface area contributed by atoms with Crippen molar-refractivity contribution in [1.82, 2.24) is 4.98 Å². The van der Waals surface area contributed by atoms with Crippen LogP contribution in [0, 0.1) is 23.5 Å². The Balaban J connectivity index is 2.43. The van der Waals surface area contributed by atoms with Crippen LogP contribution in [0.15, 0.2) is 18.2 Å². The summed E-state index contributed by atoms with van der Waals surface area (Å²) < 4.78 is 63.0. The third kappa shape index (κ3) is 2.83. The van der Waals surface area contributed by atoms with Crippen molar-refractivity contribution in [2.75, 3.05) is 19.5 Å². The van der Waals surface area contributed by atoms with E-state index in [1.807, 2.05) is 0 Å². The van der Waals surface area contributed by atoms with Gasteiger partial charge in [-0.3, -0.25) is 0 Å². The first-order valence-electron chi connectivity index (χ1n) is 5.67. The molecule has 0 fully saturated rings. The lowest BCUT2D eigenvalue weighted by molar-refractivity contribution is 0.355. The third-order valence-corrected chi connectivity index (χ3v) is 2.65. The molecular weight excluding hydrogens is 292 g/mol. The first kappa shape index (κ1) is 14.9. The van der Waals surface area contributed by atoms with Gasteiger partial charge in [0.25, 0.3) is 11.9 Å². The first-order valence-corrected chi connectivity index (χ1v) is 5.67. The average molecular weight is 302 g/mol. The van der Waals surface area contributed by atoms with Gasteiger partial charge in [0, 0.05) is 11.8 Å². The molecule has 112 valence electrons. The maximum atomic E-state index is 13.5. The second-order valence-corrected chi connectivity index (χ2v) is 3.89. The van der Waals surface area contributed by atoms with Gasteiger partial charge >= 0.3 is 0 Å². The summed E-state index contributed by atoms with van der Waals surface area (Å²) in [4.78, 5) is 2.47. The van der Waals surface area contributed by atoms with Crippen molar-refractivity contribution < 1.29 is 27.0 Å². The number of hydrogen-bond donors (Lipinski definition) is 1. The number of halogens is 4. The van der Waals surface area contributed by atoms with Gasteiger partial charge in [-0.25, -0.2) is 0 Å². The van der Waals surface area contributed by atoms with Crippen LogP contribution in [0.5, 0.6) is 11.5 Å². The Hall–Kier alpha value is -2.51. The Morgan fingerprint density at radius 1 is 0.905 bits per heavy atom. The predicted molar refractivity (Wildman–Crippen MR) is 66.9 cm³/mol. The van der Waals surface area contributed by atoms with Crippen LogP contribution in [0.1, 0.15) is 0 Å². The molecule has 2 rings (SSSR count). The van der Waals surface area contributed by atoms with Gasteiger partial charge in [0.15, 0.2) is 11.5 Å². The Kier molecular flexibility index (Phi) is 4.15. The summed E-state index contributed by atoms with van der Waals surface area (Å²) in [6, 6.07) is 4.22. The molecule has 0 unspecified atom stereocenters. The van der Waals surface area contributed by atoms with Crippen molar-refractivity contribution in [3.05, 3.63) is 41.7 Å². The van der Waals surface area contributed by atoms with Crippen LogP contribution in [-0.4, -0.2) is 19.2 Å². The standard InChI is InChI=1S/C13H10F4N2O2/c1-20-7-4-3-6(5-8(7)21-2)18-11-9(14)12(16)19-13(17)10(11)15/h3-5H,1-2H3,(H,18,19). The van der Waals surface area contributed by atoms with Crippen molar-refractivity contribution in [3.8, 4) is 11.5 Å². The molecule has 0 spiro atoms. The van der Waals surface area contributed by atoms with Gasteiger partial charge in [-0.15, -0.1) is 0 Å². The number of hydrogen-bond acceptors (Lipinski definition) is 4. The Morgan fingerprint density at radius 3 is 2.00 bits per heavy atom. The average Bonchev–Trinajstić information content (AvgIpc) is 2.49. The molecule has 0 amide bonds. The van der Waals surface area contributed by atoms with Crippen LogP contribution in [0.25, 0.3) is 0 Å². The fourth-order valence-corrected chi connectivity index (χ4v) is 1.66. The molecule has 0 aliphatic carbocycles. The Bertz CT molecular complexity index is 653. The van der Waals surface area contributed by atoms with Gasteiger partial charge < -0.3 is 14.8 Å². The van der Waals surface area contributed by atoms with E-state index >= 15 is 0 Å². The number of ether oxygens (including phenoxy) is 2. The van der Waals surface area contributed by atoms with Crippen molar-refractivity contribution >= 4 is 11.4 Å².